The van der Waals surface area contributed by atoms with Gasteiger partial charge in [-0.05, 0) is 37.3 Å². The fourth-order valence-electron chi connectivity index (χ4n) is 2.65. The summed E-state index contributed by atoms with van der Waals surface area (Å²) in [4.78, 5) is 21.2. The summed E-state index contributed by atoms with van der Waals surface area (Å²) in [5.41, 5.74) is 2.96. The van der Waals surface area contributed by atoms with Crippen molar-refractivity contribution < 1.29 is 9.53 Å². The molecule has 0 aliphatic carbocycles. The summed E-state index contributed by atoms with van der Waals surface area (Å²) in [7, 11) is 1.59. The van der Waals surface area contributed by atoms with Crippen LogP contribution in [0.25, 0.3) is 0 Å². The van der Waals surface area contributed by atoms with Gasteiger partial charge in [0.1, 0.15) is 11.4 Å². The first kappa shape index (κ1) is 18.9. The number of rotatable bonds is 6. The summed E-state index contributed by atoms with van der Waals surface area (Å²) in [6, 6.07) is 18.1. The van der Waals surface area contributed by atoms with Gasteiger partial charge in [-0.1, -0.05) is 24.3 Å². The van der Waals surface area contributed by atoms with E-state index in [1.54, 1.807) is 44.4 Å². The number of nitriles is 1. The van der Waals surface area contributed by atoms with Gasteiger partial charge in [-0.2, -0.15) is 5.26 Å². The number of anilines is 2. The first-order chi connectivity index (χ1) is 13.6. The summed E-state index contributed by atoms with van der Waals surface area (Å²) < 4.78 is 5.30. The molecule has 0 bridgehead atoms. The lowest BCUT2D eigenvalue weighted by Crippen LogP contribution is -2.24. The normalized spacial score (nSPS) is 10.0. The average Bonchev–Trinajstić information content (AvgIpc) is 2.71. The molecule has 0 fully saturated rings. The van der Waals surface area contributed by atoms with Crippen LogP contribution in [0.2, 0.25) is 0 Å². The summed E-state index contributed by atoms with van der Waals surface area (Å²) in [6.07, 6.45) is 0. The highest BCUT2D eigenvalue weighted by atomic mass is 16.5. The van der Waals surface area contributed by atoms with Crippen molar-refractivity contribution >= 4 is 17.5 Å². The van der Waals surface area contributed by atoms with Gasteiger partial charge in [-0.25, -0.2) is 9.97 Å². The second-order valence-corrected chi connectivity index (χ2v) is 6.03. The smallest absolute Gasteiger partial charge is 0.270 e. The molecule has 0 radical (unpaired) electrons. The third-order valence-electron chi connectivity index (χ3n) is 3.97. The molecule has 140 valence electrons. The van der Waals surface area contributed by atoms with E-state index >= 15 is 0 Å². The largest absolute Gasteiger partial charge is 0.496 e. The molecule has 0 aliphatic rings. The molecule has 1 heterocycles. The van der Waals surface area contributed by atoms with Gasteiger partial charge in [-0.3, -0.25) is 4.79 Å². The number of carbonyl (C=O) groups excluding carboxylic acids is 1. The molecule has 3 rings (SSSR count). The van der Waals surface area contributed by atoms with Gasteiger partial charge in [0, 0.05) is 23.5 Å². The molecular weight excluding hydrogens is 354 g/mol. The van der Waals surface area contributed by atoms with Crippen LogP contribution in [-0.4, -0.2) is 23.0 Å². The lowest BCUT2D eigenvalue weighted by molar-refractivity contribution is 0.0945. The zero-order chi connectivity index (χ0) is 19.9. The Hall–Kier alpha value is -3.92. The average molecular weight is 373 g/mol. The molecule has 0 atom stereocenters. The van der Waals surface area contributed by atoms with Gasteiger partial charge in [0.15, 0.2) is 0 Å². The number of nitrogens with zero attached hydrogens (tertiary/aromatic N) is 3. The van der Waals surface area contributed by atoms with Crippen LogP contribution in [0, 0.1) is 18.3 Å². The van der Waals surface area contributed by atoms with E-state index in [1.165, 1.54) is 0 Å². The number of hydrogen-bond acceptors (Lipinski definition) is 6. The van der Waals surface area contributed by atoms with Crippen molar-refractivity contribution in [2.75, 3.05) is 12.4 Å². The van der Waals surface area contributed by atoms with Crippen LogP contribution in [0.1, 0.15) is 27.3 Å². The van der Waals surface area contributed by atoms with Crippen LogP contribution < -0.4 is 15.4 Å². The van der Waals surface area contributed by atoms with Crippen LogP contribution in [0.5, 0.6) is 5.75 Å². The van der Waals surface area contributed by atoms with Crippen LogP contribution >= 0.6 is 0 Å². The Morgan fingerprint density at radius 2 is 1.96 bits per heavy atom. The Balaban J connectivity index is 1.75. The Morgan fingerprint density at radius 1 is 1.14 bits per heavy atom. The lowest BCUT2D eigenvalue weighted by atomic mass is 10.2. The van der Waals surface area contributed by atoms with Gasteiger partial charge in [0.2, 0.25) is 5.95 Å². The molecule has 2 aromatic carbocycles. The number of amides is 1. The third-order valence-corrected chi connectivity index (χ3v) is 3.97. The van der Waals surface area contributed by atoms with E-state index in [4.69, 9.17) is 10.00 Å². The number of nitrogens with one attached hydrogen (secondary N) is 2. The van der Waals surface area contributed by atoms with E-state index in [9.17, 15) is 4.79 Å². The number of carbonyl (C=O) groups is 1. The van der Waals surface area contributed by atoms with Crippen LogP contribution in [-0.2, 0) is 6.54 Å². The van der Waals surface area contributed by atoms with Gasteiger partial charge in [0.05, 0.1) is 18.7 Å². The minimum Gasteiger partial charge on any atom is -0.496 e. The molecule has 0 aliphatic heterocycles. The van der Waals surface area contributed by atoms with E-state index in [1.807, 2.05) is 24.3 Å². The van der Waals surface area contributed by atoms with Gasteiger partial charge in [0.25, 0.3) is 5.91 Å². The monoisotopic (exact) mass is 373 g/mol. The Kier molecular flexibility index (Phi) is 5.82. The number of ether oxygens (including phenoxy) is 1. The van der Waals surface area contributed by atoms with Gasteiger partial charge in [-0.15, -0.1) is 0 Å². The summed E-state index contributed by atoms with van der Waals surface area (Å²) in [5, 5.41) is 14.9. The number of aryl methyl sites for hydroxylation is 1. The predicted octanol–water partition coefficient (Wildman–Crippen LogP) is 3.34. The third kappa shape index (κ3) is 4.62. The number of aromatic nitrogens is 2. The standard InChI is InChI=1S/C21H19N5O2/c1-14-10-18(20(27)23-13-16-7-3-4-9-19(16)28-2)26-21(24-14)25-17-8-5-6-15(11-17)12-22/h3-11H,13H2,1-2H3,(H,23,27)(H,24,25,26). The fourth-order valence-corrected chi connectivity index (χ4v) is 2.65. The van der Waals surface area contributed by atoms with Crippen molar-refractivity contribution in [2.45, 2.75) is 13.5 Å². The van der Waals surface area contributed by atoms with Crippen molar-refractivity contribution in [3.8, 4) is 11.8 Å². The van der Waals surface area contributed by atoms with Crippen LogP contribution in [0.3, 0.4) is 0 Å². The van der Waals surface area contributed by atoms with E-state index in [0.717, 1.165) is 5.56 Å². The summed E-state index contributed by atoms with van der Waals surface area (Å²) >= 11 is 0. The maximum absolute atomic E-state index is 12.6. The molecule has 0 saturated heterocycles. The summed E-state index contributed by atoms with van der Waals surface area (Å²) in [6.45, 7) is 2.11. The molecule has 0 unspecified atom stereocenters. The fraction of sp³-hybridized carbons (Fsp3) is 0.143. The van der Waals surface area contributed by atoms with Crippen LogP contribution in [0.4, 0.5) is 11.6 Å². The Morgan fingerprint density at radius 3 is 2.75 bits per heavy atom. The first-order valence-corrected chi connectivity index (χ1v) is 8.62. The quantitative estimate of drug-likeness (QED) is 0.687. The Labute approximate surface area is 163 Å². The predicted molar refractivity (Wildman–Crippen MR) is 105 cm³/mol. The Bertz CT molecular complexity index is 1040. The summed E-state index contributed by atoms with van der Waals surface area (Å²) in [5.74, 6) is 0.684. The number of benzene rings is 2. The van der Waals surface area contributed by atoms with E-state index in [-0.39, 0.29) is 17.5 Å². The molecular formula is C21H19N5O2. The van der Waals surface area contributed by atoms with Crippen molar-refractivity contribution in [1.82, 2.24) is 15.3 Å². The highest BCUT2D eigenvalue weighted by Crippen LogP contribution is 2.18. The molecule has 7 heteroatoms. The van der Waals surface area contributed by atoms with Gasteiger partial charge >= 0.3 is 0 Å². The molecule has 0 saturated carbocycles. The first-order valence-electron chi connectivity index (χ1n) is 8.62. The van der Waals surface area contributed by atoms with Crippen molar-refractivity contribution in [1.29, 1.82) is 5.26 Å². The molecule has 0 spiro atoms. The zero-order valence-electron chi connectivity index (χ0n) is 15.6. The second-order valence-electron chi connectivity index (χ2n) is 6.03. The van der Waals surface area contributed by atoms with Gasteiger partial charge < -0.3 is 15.4 Å². The molecule has 28 heavy (non-hydrogen) atoms. The number of hydrogen-bond donors (Lipinski definition) is 2. The maximum Gasteiger partial charge on any atom is 0.270 e. The molecule has 7 nitrogen and oxygen atoms in total. The topological polar surface area (TPSA) is 99.9 Å². The number of para-hydroxylation sites is 1. The number of methoxy groups -OCH3 is 1. The van der Waals surface area contributed by atoms with Crippen molar-refractivity contribution in [2.24, 2.45) is 0 Å². The van der Waals surface area contributed by atoms with E-state index in [0.29, 0.717) is 29.2 Å². The highest BCUT2D eigenvalue weighted by Gasteiger charge is 2.12. The minimum absolute atomic E-state index is 0.251. The maximum atomic E-state index is 12.6. The molecule has 2 N–H and O–H groups in total. The second kappa shape index (κ2) is 8.64. The zero-order valence-corrected chi connectivity index (χ0v) is 15.6. The molecule has 1 amide bonds. The van der Waals surface area contributed by atoms with E-state index in [2.05, 4.69) is 26.7 Å². The molecule has 3 aromatic rings. The van der Waals surface area contributed by atoms with E-state index < -0.39 is 0 Å². The SMILES string of the molecule is COc1ccccc1CNC(=O)c1cc(C)nc(Nc2cccc(C#N)c2)n1. The van der Waals surface area contributed by atoms with Crippen molar-refractivity contribution in [3.05, 3.63) is 77.1 Å². The minimum atomic E-state index is -0.315. The van der Waals surface area contributed by atoms with Crippen LogP contribution in [0.15, 0.2) is 54.6 Å². The molecule has 1 aromatic heterocycles. The lowest BCUT2D eigenvalue weighted by Gasteiger charge is -2.11. The highest BCUT2D eigenvalue weighted by molar-refractivity contribution is 5.92. The van der Waals surface area contributed by atoms with Crippen molar-refractivity contribution in [3.63, 3.8) is 0 Å².